The largest absolute Gasteiger partial charge is 0.507 e. The number of aliphatic hydroxyl groups excluding tert-OH is 1. The molecule has 1 fully saturated rings. The number of ether oxygens (including phenoxy) is 1. The van der Waals surface area contributed by atoms with Crippen LogP contribution in [0.5, 0.6) is 5.75 Å². The van der Waals surface area contributed by atoms with Gasteiger partial charge in [0, 0.05) is 17.9 Å². The number of phenols is 1. The van der Waals surface area contributed by atoms with Crippen LogP contribution in [0.25, 0.3) is 0 Å². The molecule has 0 spiro atoms. The van der Waals surface area contributed by atoms with Crippen molar-refractivity contribution >= 4 is 23.7 Å². The highest BCUT2D eigenvalue weighted by molar-refractivity contribution is 6.00. The number of carbonyl (C=O) groups excluding carboxylic acids is 4. The van der Waals surface area contributed by atoms with E-state index in [2.05, 4.69) is 16.0 Å². The summed E-state index contributed by atoms with van der Waals surface area (Å²) >= 11 is 0. The van der Waals surface area contributed by atoms with Gasteiger partial charge in [0.2, 0.25) is 11.7 Å². The molecule has 7 unspecified atom stereocenters. The van der Waals surface area contributed by atoms with E-state index in [1.807, 2.05) is 0 Å². The molecule has 1 aliphatic rings. The number of amides is 3. The Hall–Kier alpha value is -4.27. The summed E-state index contributed by atoms with van der Waals surface area (Å²) in [4.78, 5) is 52.8. The van der Waals surface area contributed by atoms with Gasteiger partial charge < -0.3 is 30.9 Å². The second-order valence-corrected chi connectivity index (χ2v) is 10.7. The van der Waals surface area contributed by atoms with Gasteiger partial charge in [0.05, 0.1) is 29.7 Å². The van der Waals surface area contributed by atoms with Crippen molar-refractivity contribution in [1.82, 2.24) is 16.0 Å². The Morgan fingerprint density at radius 3 is 2.09 bits per heavy atom. The number of hydrogen-bond donors (Lipinski definition) is 5. The summed E-state index contributed by atoms with van der Waals surface area (Å²) in [6, 6.07) is 0.435. The highest BCUT2D eigenvalue weighted by Crippen LogP contribution is 2.26. The molecule has 0 radical (unpaired) electrons. The number of aliphatic hydroxyl groups is 1. The molecule has 15 heteroatoms. The molecule has 1 aliphatic heterocycles. The topological polar surface area (TPSA) is 154 Å². The van der Waals surface area contributed by atoms with Crippen LogP contribution >= 0.6 is 0 Å². The molecule has 2 aromatic rings. The zero-order valence-electron chi connectivity index (χ0n) is 24.1. The zero-order valence-corrected chi connectivity index (χ0v) is 24.1. The maximum Gasteiger partial charge on any atom is 0.312 e. The molecule has 7 atom stereocenters. The van der Waals surface area contributed by atoms with Crippen molar-refractivity contribution in [3.63, 3.8) is 0 Å². The monoisotopic (exact) mass is 629 g/mol. The summed E-state index contributed by atoms with van der Waals surface area (Å²) in [5.74, 6) is -18.1. The zero-order chi connectivity index (χ0) is 33.0. The van der Waals surface area contributed by atoms with Gasteiger partial charge in [0.1, 0.15) is 11.8 Å². The Labute approximate surface area is 249 Å². The first-order valence-corrected chi connectivity index (χ1v) is 13.7. The molecular weight excluding hydrogens is 597 g/mol. The smallest absolute Gasteiger partial charge is 0.312 e. The predicted molar refractivity (Wildman–Crippen MR) is 143 cm³/mol. The fourth-order valence-corrected chi connectivity index (χ4v) is 4.63. The normalized spacial score (nSPS) is 25.5. The van der Waals surface area contributed by atoms with E-state index in [-0.39, 0.29) is 5.56 Å². The van der Waals surface area contributed by atoms with E-state index in [0.717, 1.165) is 6.92 Å². The molecule has 240 valence electrons. The number of halogens is 5. The van der Waals surface area contributed by atoms with E-state index in [0.29, 0.717) is 6.42 Å². The third-order valence-electron chi connectivity index (χ3n) is 7.60. The number of benzene rings is 2. The van der Waals surface area contributed by atoms with Crippen LogP contribution in [0.1, 0.15) is 50.0 Å². The lowest BCUT2D eigenvalue weighted by Gasteiger charge is -2.34. The lowest BCUT2D eigenvalue weighted by Crippen LogP contribution is -2.62. The molecule has 5 N–H and O–H groups in total. The molecule has 0 bridgehead atoms. The summed E-state index contributed by atoms with van der Waals surface area (Å²) in [7, 11) is 0. The number of carbonyl (C=O) groups is 4. The van der Waals surface area contributed by atoms with E-state index < -0.39 is 113 Å². The Kier molecular flexibility index (Phi) is 10.9. The number of para-hydroxylation sites is 1. The fraction of sp³-hybridized carbons (Fsp3) is 0.448. The number of hydrogen-bond acceptors (Lipinski definition) is 7. The molecule has 1 heterocycles. The first-order valence-electron chi connectivity index (χ1n) is 13.7. The van der Waals surface area contributed by atoms with E-state index >= 15 is 0 Å². The molecule has 0 saturated carbocycles. The van der Waals surface area contributed by atoms with Gasteiger partial charge >= 0.3 is 5.97 Å². The fourth-order valence-electron chi connectivity index (χ4n) is 4.63. The minimum absolute atomic E-state index is 0.261. The molecule has 0 aliphatic carbocycles. The second-order valence-electron chi connectivity index (χ2n) is 10.7. The van der Waals surface area contributed by atoms with Crippen LogP contribution in [0.15, 0.2) is 24.3 Å². The minimum Gasteiger partial charge on any atom is -0.507 e. The van der Waals surface area contributed by atoms with Gasteiger partial charge in [0.25, 0.3) is 11.8 Å². The van der Waals surface area contributed by atoms with Crippen molar-refractivity contribution in [2.75, 3.05) is 0 Å². The van der Waals surface area contributed by atoms with Gasteiger partial charge in [-0.2, -0.15) is 0 Å². The van der Waals surface area contributed by atoms with Gasteiger partial charge in [-0.3, -0.25) is 19.2 Å². The number of rotatable bonds is 6. The molecule has 1 saturated heterocycles. The maximum atomic E-state index is 14.6. The molecule has 3 amide bonds. The Morgan fingerprint density at radius 2 is 1.52 bits per heavy atom. The second kappa shape index (κ2) is 14.0. The number of phenolic OH excluding ortho intramolecular Hbond substituents is 1. The van der Waals surface area contributed by atoms with Crippen molar-refractivity contribution in [2.24, 2.45) is 11.8 Å². The number of cyclic esters (lactones) is 1. The maximum absolute atomic E-state index is 14.6. The Morgan fingerprint density at radius 1 is 0.955 bits per heavy atom. The third-order valence-corrected chi connectivity index (χ3v) is 7.60. The average molecular weight is 630 g/mol. The summed E-state index contributed by atoms with van der Waals surface area (Å²) in [6.07, 6.45) is -4.33. The standard InChI is InChI=1S/C29H32F5N3O7/c1-5-11(2)25-28(42)35-13(4)23(37-26(40)14-8-6-7-9-17(14)38)27(41)36-16(24(39)12(3)29(43)44-25)10-15-18(30)20(32)22(34)21(33)19(15)31/h6-9,11-13,16,23-25,38-39H,5,10H2,1-4H3,(H,35,42)(H,36,41)(H,37,40). The van der Waals surface area contributed by atoms with Crippen LogP contribution < -0.4 is 16.0 Å². The highest BCUT2D eigenvalue weighted by atomic mass is 19.2. The summed E-state index contributed by atoms with van der Waals surface area (Å²) in [5.41, 5.74) is -1.64. The Bertz CT molecular complexity index is 1410. The van der Waals surface area contributed by atoms with Gasteiger partial charge in [-0.05, 0) is 32.4 Å². The summed E-state index contributed by atoms with van der Waals surface area (Å²) in [5, 5.41) is 28.2. The SMILES string of the molecule is CCC(C)C1OC(=O)C(C)C(O)C(Cc2c(F)c(F)c(F)c(F)c2F)NC(=O)C(NC(=O)c2ccccc2O)C(C)NC1=O. The molecule has 2 aromatic carbocycles. The van der Waals surface area contributed by atoms with Crippen LogP contribution in [0.4, 0.5) is 22.0 Å². The van der Waals surface area contributed by atoms with Gasteiger partial charge in [0.15, 0.2) is 29.4 Å². The van der Waals surface area contributed by atoms with E-state index in [1.165, 1.54) is 31.2 Å². The van der Waals surface area contributed by atoms with Crippen molar-refractivity contribution in [2.45, 2.75) is 70.9 Å². The van der Waals surface area contributed by atoms with Crippen LogP contribution in [0.3, 0.4) is 0 Å². The van der Waals surface area contributed by atoms with E-state index in [4.69, 9.17) is 4.74 Å². The summed E-state index contributed by atoms with van der Waals surface area (Å²) in [6.45, 7) is 5.70. The van der Waals surface area contributed by atoms with Gasteiger partial charge in [-0.15, -0.1) is 0 Å². The van der Waals surface area contributed by atoms with E-state index in [9.17, 15) is 51.3 Å². The van der Waals surface area contributed by atoms with Crippen molar-refractivity contribution < 1.29 is 56.1 Å². The Balaban J connectivity index is 2.11. The van der Waals surface area contributed by atoms with Crippen molar-refractivity contribution in [3.05, 3.63) is 64.5 Å². The number of nitrogens with one attached hydrogen (secondary N) is 3. The quantitative estimate of drug-likeness (QED) is 0.142. The molecular formula is C29H32F5N3O7. The number of aromatic hydroxyl groups is 1. The summed E-state index contributed by atoms with van der Waals surface area (Å²) < 4.78 is 76.3. The lowest BCUT2D eigenvalue weighted by molar-refractivity contribution is -0.167. The first-order chi connectivity index (χ1) is 20.6. The minimum atomic E-state index is -2.42. The van der Waals surface area contributed by atoms with Crippen molar-refractivity contribution in [3.8, 4) is 5.75 Å². The first kappa shape index (κ1) is 34.2. The molecule has 0 aromatic heterocycles. The van der Waals surface area contributed by atoms with Crippen LogP contribution in [-0.4, -0.2) is 64.2 Å². The molecule has 3 rings (SSSR count). The van der Waals surface area contributed by atoms with Crippen LogP contribution in [0.2, 0.25) is 0 Å². The average Bonchev–Trinajstić information content (AvgIpc) is 2.99. The van der Waals surface area contributed by atoms with Crippen molar-refractivity contribution in [1.29, 1.82) is 0 Å². The molecule has 44 heavy (non-hydrogen) atoms. The van der Waals surface area contributed by atoms with Gasteiger partial charge in [-0.1, -0.05) is 26.0 Å². The lowest BCUT2D eigenvalue weighted by atomic mass is 9.91. The van der Waals surface area contributed by atoms with Gasteiger partial charge in [-0.25, -0.2) is 22.0 Å². The van der Waals surface area contributed by atoms with Crippen LogP contribution in [-0.2, 0) is 25.5 Å². The predicted octanol–water partition coefficient (Wildman–Crippen LogP) is 2.39. The van der Waals surface area contributed by atoms with E-state index in [1.54, 1.807) is 13.8 Å². The highest BCUT2D eigenvalue weighted by Gasteiger charge is 2.41. The number of esters is 1. The van der Waals surface area contributed by atoms with Crippen LogP contribution in [0, 0.1) is 40.9 Å². The molecule has 10 nitrogen and oxygen atoms in total. The third kappa shape index (κ3) is 7.09.